The quantitative estimate of drug-likeness (QED) is 0.298. The second kappa shape index (κ2) is 8.67. The van der Waals surface area contributed by atoms with E-state index in [1.54, 1.807) is 17.4 Å². The van der Waals surface area contributed by atoms with E-state index < -0.39 is 0 Å². The highest BCUT2D eigenvalue weighted by atomic mass is 35.5. The molecule has 0 fully saturated rings. The Bertz CT molecular complexity index is 1200. The number of imidazole rings is 1. The molecule has 4 aromatic rings. The van der Waals surface area contributed by atoms with E-state index in [1.807, 2.05) is 43.3 Å². The Morgan fingerprint density at radius 3 is 2.33 bits per heavy atom. The highest BCUT2D eigenvalue weighted by Crippen LogP contribution is 2.37. The summed E-state index contributed by atoms with van der Waals surface area (Å²) in [7, 11) is 0. The smallest absolute Gasteiger partial charge is 0.168 e. The van der Waals surface area contributed by atoms with E-state index in [0.717, 1.165) is 39.1 Å². The molecule has 4 nitrogen and oxygen atoms in total. The Morgan fingerprint density at radius 1 is 0.967 bits per heavy atom. The van der Waals surface area contributed by atoms with Crippen molar-refractivity contribution in [2.45, 2.75) is 27.2 Å². The first-order valence-corrected chi connectivity index (χ1v) is 11.4. The second-order valence-electron chi connectivity index (χ2n) is 7.40. The normalized spacial score (nSPS) is 11.4. The molecule has 0 saturated carbocycles. The predicted molar refractivity (Wildman–Crippen MR) is 126 cm³/mol. The van der Waals surface area contributed by atoms with Gasteiger partial charge in [0.2, 0.25) is 0 Å². The summed E-state index contributed by atoms with van der Waals surface area (Å²) in [5.74, 6) is 1.23. The Morgan fingerprint density at radius 2 is 1.67 bits per heavy atom. The van der Waals surface area contributed by atoms with Crippen LogP contribution in [0.4, 0.5) is 0 Å². The maximum absolute atomic E-state index is 6.53. The largest absolute Gasteiger partial charge is 0.296 e. The van der Waals surface area contributed by atoms with Crippen LogP contribution >= 0.6 is 46.1 Å². The number of halogens is 3. The van der Waals surface area contributed by atoms with Gasteiger partial charge in [0.1, 0.15) is 16.5 Å². The number of hydrogen-bond donors (Lipinski definition) is 0. The average molecular weight is 478 g/mol. The molecule has 0 saturated heterocycles. The third-order valence-electron chi connectivity index (χ3n) is 4.62. The first-order valence-electron chi connectivity index (χ1n) is 9.47. The summed E-state index contributed by atoms with van der Waals surface area (Å²) in [6.45, 7) is 6.36. The van der Waals surface area contributed by atoms with Crippen molar-refractivity contribution in [1.82, 2.24) is 19.7 Å². The zero-order valence-electron chi connectivity index (χ0n) is 16.7. The molecule has 0 N–H and O–H groups in total. The molecule has 154 valence electrons. The van der Waals surface area contributed by atoms with Crippen LogP contribution in [0.25, 0.3) is 27.8 Å². The van der Waals surface area contributed by atoms with E-state index in [0.29, 0.717) is 26.8 Å². The highest BCUT2D eigenvalue weighted by Gasteiger charge is 2.22. The van der Waals surface area contributed by atoms with E-state index in [1.165, 1.54) is 0 Å². The van der Waals surface area contributed by atoms with Crippen molar-refractivity contribution in [3.05, 3.63) is 68.2 Å². The van der Waals surface area contributed by atoms with Gasteiger partial charge in [0.25, 0.3) is 0 Å². The van der Waals surface area contributed by atoms with Crippen molar-refractivity contribution in [1.29, 1.82) is 0 Å². The lowest BCUT2D eigenvalue weighted by Gasteiger charge is -2.11. The fourth-order valence-electron chi connectivity index (χ4n) is 3.24. The third kappa shape index (κ3) is 4.26. The van der Waals surface area contributed by atoms with Gasteiger partial charge in [0, 0.05) is 27.7 Å². The molecule has 2 heterocycles. The zero-order chi connectivity index (χ0) is 21.4. The van der Waals surface area contributed by atoms with Crippen molar-refractivity contribution in [2.24, 2.45) is 5.92 Å². The molecule has 30 heavy (non-hydrogen) atoms. The van der Waals surface area contributed by atoms with Crippen LogP contribution in [-0.2, 0) is 6.42 Å². The SMILES string of the molecule is Cc1c(-c2nnc(CC(C)C)s2)nc(-c2ccc(Cl)cc2Cl)n1-c1ccc(Cl)cc1. The van der Waals surface area contributed by atoms with E-state index in [4.69, 9.17) is 39.8 Å². The number of benzene rings is 2. The topological polar surface area (TPSA) is 43.6 Å². The van der Waals surface area contributed by atoms with E-state index >= 15 is 0 Å². The van der Waals surface area contributed by atoms with E-state index in [9.17, 15) is 0 Å². The Hall–Kier alpha value is -1.92. The maximum Gasteiger partial charge on any atom is 0.168 e. The van der Waals surface area contributed by atoms with Crippen molar-refractivity contribution >= 4 is 46.1 Å². The van der Waals surface area contributed by atoms with Gasteiger partial charge in [0.05, 0.1) is 10.7 Å². The molecule has 0 aliphatic carbocycles. The summed E-state index contributed by atoms with van der Waals surface area (Å²) in [6, 6.07) is 13.0. The molecule has 0 bridgehead atoms. The molecule has 0 unspecified atom stereocenters. The van der Waals surface area contributed by atoms with Crippen molar-refractivity contribution in [3.63, 3.8) is 0 Å². The maximum atomic E-state index is 6.53. The van der Waals surface area contributed by atoms with Gasteiger partial charge in [-0.2, -0.15) is 0 Å². The summed E-state index contributed by atoms with van der Waals surface area (Å²) >= 11 is 20.3. The Kier molecular flexibility index (Phi) is 6.16. The van der Waals surface area contributed by atoms with Gasteiger partial charge >= 0.3 is 0 Å². The summed E-state index contributed by atoms with van der Waals surface area (Å²) < 4.78 is 2.06. The monoisotopic (exact) mass is 476 g/mol. The molecular weight excluding hydrogens is 459 g/mol. The molecule has 4 rings (SSSR count). The second-order valence-corrected chi connectivity index (χ2v) is 9.75. The summed E-state index contributed by atoms with van der Waals surface area (Å²) in [5, 5.41) is 12.3. The van der Waals surface area contributed by atoms with Crippen molar-refractivity contribution in [3.8, 4) is 27.8 Å². The van der Waals surface area contributed by atoms with Crippen molar-refractivity contribution in [2.75, 3.05) is 0 Å². The van der Waals surface area contributed by atoms with Crippen LogP contribution in [0.1, 0.15) is 24.5 Å². The van der Waals surface area contributed by atoms with Crippen LogP contribution in [0.3, 0.4) is 0 Å². The number of aromatic nitrogens is 4. The van der Waals surface area contributed by atoms with Gasteiger partial charge in [-0.05, 0) is 55.3 Å². The summed E-state index contributed by atoms with van der Waals surface area (Å²) in [4.78, 5) is 4.94. The molecule has 0 radical (unpaired) electrons. The number of hydrogen-bond acceptors (Lipinski definition) is 4. The van der Waals surface area contributed by atoms with Crippen LogP contribution in [-0.4, -0.2) is 19.7 Å². The summed E-state index contributed by atoms with van der Waals surface area (Å²) in [5.41, 5.74) is 3.46. The van der Waals surface area contributed by atoms with E-state index in [-0.39, 0.29) is 0 Å². The highest BCUT2D eigenvalue weighted by molar-refractivity contribution is 7.14. The molecule has 0 atom stereocenters. The van der Waals surface area contributed by atoms with Crippen LogP contribution < -0.4 is 0 Å². The molecular formula is C22H19Cl3N4S. The molecule has 0 amide bonds. The van der Waals surface area contributed by atoms with Crippen LogP contribution in [0.15, 0.2) is 42.5 Å². The minimum absolute atomic E-state index is 0.516. The third-order valence-corrected chi connectivity index (χ3v) is 6.37. The van der Waals surface area contributed by atoms with Crippen molar-refractivity contribution < 1.29 is 0 Å². The lowest BCUT2D eigenvalue weighted by atomic mass is 10.1. The van der Waals surface area contributed by atoms with Crippen LogP contribution in [0, 0.1) is 12.8 Å². The van der Waals surface area contributed by atoms with Crippen LogP contribution in [0.2, 0.25) is 15.1 Å². The van der Waals surface area contributed by atoms with Gasteiger partial charge in [-0.1, -0.05) is 60.0 Å². The lowest BCUT2D eigenvalue weighted by Crippen LogP contribution is -2.00. The first kappa shape index (κ1) is 21.3. The Labute approximate surface area is 194 Å². The predicted octanol–water partition coefficient (Wildman–Crippen LogP) is 7.52. The first-order chi connectivity index (χ1) is 14.3. The minimum atomic E-state index is 0.516. The van der Waals surface area contributed by atoms with Gasteiger partial charge < -0.3 is 0 Å². The zero-order valence-corrected chi connectivity index (χ0v) is 19.7. The Balaban J connectivity index is 1.91. The van der Waals surface area contributed by atoms with Gasteiger partial charge in [0.15, 0.2) is 5.01 Å². The molecule has 8 heteroatoms. The van der Waals surface area contributed by atoms with Gasteiger partial charge in [-0.15, -0.1) is 10.2 Å². The number of rotatable bonds is 5. The standard InChI is InChI=1S/C22H19Cl3N4S/c1-12(2)10-19-27-28-22(30-19)20-13(3)29(16-7-4-14(23)5-8-16)21(26-20)17-9-6-15(24)11-18(17)25/h4-9,11-12H,10H2,1-3H3. The lowest BCUT2D eigenvalue weighted by molar-refractivity contribution is 0.640. The fraction of sp³-hybridized carbons (Fsp3) is 0.227. The van der Waals surface area contributed by atoms with Gasteiger partial charge in [-0.25, -0.2) is 4.98 Å². The van der Waals surface area contributed by atoms with Crippen LogP contribution in [0.5, 0.6) is 0 Å². The number of nitrogens with zero attached hydrogens (tertiary/aromatic N) is 4. The summed E-state index contributed by atoms with van der Waals surface area (Å²) in [6.07, 6.45) is 0.893. The molecule has 2 aromatic heterocycles. The minimum Gasteiger partial charge on any atom is -0.296 e. The molecule has 0 aliphatic heterocycles. The molecule has 0 spiro atoms. The average Bonchev–Trinajstić information content (AvgIpc) is 3.26. The fourth-order valence-corrected chi connectivity index (χ4v) is 4.95. The van der Waals surface area contributed by atoms with Gasteiger partial charge in [-0.3, -0.25) is 4.57 Å². The molecule has 2 aromatic carbocycles. The molecule has 0 aliphatic rings. The van der Waals surface area contributed by atoms with E-state index in [2.05, 4.69) is 28.6 Å².